The number of carbonyl (C=O) groups excluding carboxylic acids is 1. The minimum absolute atomic E-state index is 0.0259. The largest absolute Gasteiger partial charge is 0.352 e. The van der Waals surface area contributed by atoms with Gasteiger partial charge in [-0.1, -0.05) is 42.3 Å². The van der Waals surface area contributed by atoms with Gasteiger partial charge in [0.2, 0.25) is 0 Å². The van der Waals surface area contributed by atoms with Gasteiger partial charge in [0.15, 0.2) is 6.23 Å². The van der Waals surface area contributed by atoms with Crippen molar-refractivity contribution in [3.63, 3.8) is 0 Å². The van der Waals surface area contributed by atoms with Crippen molar-refractivity contribution in [2.45, 2.75) is 25.6 Å². The molecule has 2 aromatic rings. The Bertz CT molecular complexity index is 704. The molecule has 2 unspecified atom stereocenters. The Morgan fingerprint density at radius 1 is 1.12 bits per heavy atom. The molecule has 126 valence electrons. The summed E-state index contributed by atoms with van der Waals surface area (Å²) in [6.45, 7) is 2.55. The van der Waals surface area contributed by atoms with Crippen LogP contribution in [0.25, 0.3) is 0 Å². The Morgan fingerprint density at radius 2 is 1.71 bits per heavy atom. The third kappa shape index (κ3) is 3.66. The van der Waals surface area contributed by atoms with E-state index in [1.54, 1.807) is 41.3 Å². The zero-order valence-corrected chi connectivity index (χ0v) is 14.7. The zero-order valence-electron chi connectivity index (χ0n) is 13.2. The number of hydrogen-bond donors (Lipinski definition) is 1. The van der Waals surface area contributed by atoms with Crippen LogP contribution in [0.2, 0.25) is 10.0 Å². The number of carbonyl (C=O) groups is 1. The summed E-state index contributed by atoms with van der Waals surface area (Å²) in [7, 11) is 0. The maximum atomic E-state index is 12.8. The van der Waals surface area contributed by atoms with Crippen molar-refractivity contribution >= 4 is 34.9 Å². The van der Waals surface area contributed by atoms with Gasteiger partial charge >= 0.3 is 6.03 Å². The zero-order chi connectivity index (χ0) is 17.1. The average molecular weight is 365 g/mol. The molecule has 1 saturated heterocycles. The molecule has 0 aromatic heterocycles. The van der Waals surface area contributed by atoms with E-state index in [0.29, 0.717) is 22.3 Å². The molecule has 3 rings (SSSR count). The fraction of sp³-hybridized carbons (Fsp3) is 0.278. The number of anilines is 1. The van der Waals surface area contributed by atoms with E-state index in [1.165, 1.54) is 0 Å². The highest BCUT2D eigenvalue weighted by molar-refractivity contribution is 6.30. The van der Waals surface area contributed by atoms with E-state index in [0.717, 1.165) is 12.0 Å². The van der Waals surface area contributed by atoms with Crippen molar-refractivity contribution in [3.8, 4) is 0 Å². The number of benzene rings is 2. The molecule has 1 N–H and O–H groups in total. The first-order valence-electron chi connectivity index (χ1n) is 7.80. The third-order valence-electron chi connectivity index (χ3n) is 4.05. The van der Waals surface area contributed by atoms with E-state index in [4.69, 9.17) is 27.9 Å². The lowest BCUT2D eigenvalue weighted by Gasteiger charge is -2.28. The van der Waals surface area contributed by atoms with Crippen LogP contribution in [-0.2, 0) is 4.74 Å². The van der Waals surface area contributed by atoms with Gasteiger partial charge in [0.05, 0.1) is 12.6 Å². The Hall–Kier alpha value is -1.75. The van der Waals surface area contributed by atoms with Crippen LogP contribution in [0, 0.1) is 0 Å². The van der Waals surface area contributed by atoms with E-state index in [-0.39, 0.29) is 12.1 Å². The molecule has 0 radical (unpaired) electrons. The highest BCUT2D eigenvalue weighted by atomic mass is 35.5. The monoisotopic (exact) mass is 364 g/mol. The molecule has 6 heteroatoms. The van der Waals surface area contributed by atoms with Crippen molar-refractivity contribution in [1.29, 1.82) is 0 Å². The van der Waals surface area contributed by atoms with E-state index in [1.807, 2.05) is 19.1 Å². The van der Waals surface area contributed by atoms with E-state index >= 15 is 0 Å². The summed E-state index contributed by atoms with van der Waals surface area (Å²) in [4.78, 5) is 14.5. The first kappa shape index (κ1) is 17.1. The Morgan fingerprint density at radius 3 is 2.29 bits per heavy atom. The third-order valence-corrected chi connectivity index (χ3v) is 4.55. The minimum atomic E-state index is -0.417. The van der Waals surface area contributed by atoms with Crippen molar-refractivity contribution in [3.05, 3.63) is 64.1 Å². The highest BCUT2D eigenvalue weighted by Gasteiger charge is 2.37. The van der Waals surface area contributed by atoms with Gasteiger partial charge in [-0.3, -0.25) is 4.90 Å². The summed E-state index contributed by atoms with van der Waals surface area (Å²) in [6.07, 6.45) is 0.400. The SMILES string of the molecule is CCC1COC(c2ccc(Cl)cc2)N1C(=O)Nc1ccc(Cl)cc1. The molecule has 2 atom stereocenters. The van der Waals surface area contributed by atoms with E-state index in [2.05, 4.69) is 5.32 Å². The smallest absolute Gasteiger partial charge is 0.324 e. The number of hydrogen-bond acceptors (Lipinski definition) is 2. The van der Waals surface area contributed by atoms with Crippen LogP contribution < -0.4 is 5.32 Å². The standard InChI is InChI=1S/C18H18Cl2N2O2/c1-2-16-11-24-17(12-3-5-13(19)6-4-12)22(16)18(23)21-15-9-7-14(20)8-10-15/h3-10,16-17H,2,11H2,1H3,(H,21,23). The van der Waals surface area contributed by atoms with Crippen molar-refractivity contribution < 1.29 is 9.53 Å². The molecule has 1 heterocycles. The van der Waals surface area contributed by atoms with Gasteiger partial charge in [0.1, 0.15) is 0 Å². The number of nitrogens with zero attached hydrogens (tertiary/aromatic N) is 1. The normalized spacial score (nSPS) is 20.2. The van der Waals surface area contributed by atoms with Gasteiger partial charge < -0.3 is 10.1 Å². The maximum absolute atomic E-state index is 12.8. The second kappa shape index (κ2) is 7.43. The van der Waals surface area contributed by atoms with Crippen molar-refractivity contribution in [2.75, 3.05) is 11.9 Å². The fourth-order valence-corrected chi connectivity index (χ4v) is 3.00. The lowest BCUT2D eigenvalue weighted by molar-refractivity contribution is 0.0509. The van der Waals surface area contributed by atoms with Crippen LogP contribution in [0.15, 0.2) is 48.5 Å². The number of urea groups is 1. The van der Waals surface area contributed by atoms with Crippen molar-refractivity contribution in [1.82, 2.24) is 4.90 Å². The second-order valence-electron chi connectivity index (χ2n) is 5.64. The summed E-state index contributed by atoms with van der Waals surface area (Å²) in [5, 5.41) is 4.19. The fourth-order valence-electron chi connectivity index (χ4n) is 2.75. The molecule has 0 saturated carbocycles. The molecule has 2 amide bonds. The Kier molecular flexibility index (Phi) is 5.29. The summed E-state index contributed by atoms with van der Waals surface area (Å²) in [5.74, 6) is 0. The van der Waals surface area contributed by atoms with Crippen LogP contribution >= 0.6 is 23.2 Å². The topological polar surface area (TPSA) is 41.6 Å². The summed E-state index contributed by atoms with van der Waals surface area (Å²) < 4.78 is 5.87. The Balaban J connectivity index is 1.81. The molecule has 0 spiro atoms. The summed E-state index contributed by atoms with van der Waals surface area (Å²) in [5.41, 5.74) is 1.60. The molecule has 4 nitrogen and oxygen atoms in total. The molecule has 2 aromatic carbocycles. The number of amides is 2. The quantitative estimate of drug-likeness (QED) is 0.798. The molecular formula is C18H18Cl2N2O2. The number of rotatable bonds is 3. The molecule has 1 aliphatic rings. The minimum Gasteiger partial charge on any atom is -0.352 e. The first-order chi connectivity index (χ1) is 11.6. The van der Waals surface area contributed by atoms with Gasteiger partial charge in [-0.15, -0.1) is 0 Å². The molecule has 1 fully saturated rings. The highest BCUT2D eigenvalue weighted by Crippen LogP contribution is 2.33. The van der Waals surface area contributed by atoms with Crippen molar-refractivity contribution in [2.24, 2.45) is 0 Å². The first-order valence-corrected chi connectivity index (χ1v) is 8.56. The second-order valence-corrected chi connectivity index (χ2v) is 6.52. The van der Waals surface area contributed by atoms with E-state index < -0.39 is 6.23 Å². The molecular weight excluding hydrogens is 347 g/mol. The average Bonchev–Trinajstić information content (AvgIpc) is 3.02. The van der Waals surface area contributed by atoms with Gasteiger partial charge in [0.25, 0.3) is 0 Å². The number of nitrogens with one attached hydrogen (secondary N) is 1. The van der Waals surface area contributed by atoms with Crippen LogP contribution in [0.4, 0.5) is 10.5 Å². The maximum Gasteiger partial charge on any atom is 0.324 e. The molecule has 1 aliphatic heterocycles. The Labute approximate surface area is 151 Å². The lowest BCUT2D eigenvalue weighted by Crippen LogP contribution is -2.40. The molecule has 0 aliphatic carbocycles. The van der Waals surface area contributed by atoms with Gasteiger partial charge in [0, 0.05) is 21.3 Å². The predicted octanol–water partition coefficient (Wildman–Crippen LogP) is 5.33. The van der Waals surface area contributed by atoms with Gasteiger partial charge in [-0.05, 0) is 42.8 Å². The molecule has 0 bridgehead atoms. The van der Waals surface area contributed by atoms with Crippen LogP contribution in [0.1, 0.15) is 25.1 Å². The van der Waals surface area contributed by atoms with Gasteiger partial charge in [-0.25, -0.2) is 4.79 Å². The van der Waals surface area contributed by atoms with Crippen LogP contribution in [0.3, 0.4) is 0 Å². The summed E-state index contributed by atoms with van der Waals surface area (Å²) >= 11 is 11.8. The van der Waals surface area contributed by atoms with E-state index in [9.17, 15) is 4.79 Å². The number of halogens is 2. The summed E-state index contributed by atoms with van der Waals surface area (Å²) in [6, 6.07) is 14.2. The van der Waals surface area contributed by atoms with Gasteiger partial charge in [-0.2, -0.15) is 0 Å². The lowest BCUT2D eigenvalue weighted by atomic mass is 10.1. The van der Waals surface area contributed by atoms with Crippen LogP contribution in [0.5, 0.6) is 0 Å². The van der Waals surface area contributed by atoms with Crippen LogP contribution in [-0.4, -0.2) is 23.6 Å². The predicted molar refractivity (Wildman–Crippen MR) is 96.5 cm³/mol. The molecule has 24 heavy (non-hydrogen) atoms. The number of ether oxygens (including phenoxy) is 1.